The van der Waals surface area contributed by atoms with Crippen LogP contribution in [0.2, 0.25) is 0 Å². The molecule has 0 saturated heterocycles. The zero-order valence-electron chi connectivity index (χ0n) is 11.0. The van der Waals surface area contributed by atoms with E-state index in [0.29, 0.717) is 0 Å². The number of rotatable bonds is 6. The normalized spacial score (nSPS) is 10.6. The molecule has 0 radical (unpaired) electrons. The van der Waals surface area contributed by atoms with E-state index in [1.165, 1.54) is 5.56 Å². The Bertz CT molecular complexity index is 477. The third-order valence-corrected chi connectivity index (χ3v) is 2.84. The Hall–Kier alpha value is -1.84. The smallest absolute Gasteiger partial charge is 0.133 e. The van der Waals surface area contributed by atoms with Gasteiger partial charge in [-0.15, -0.1) is 0 Å². The molecule has 0 atom stereocenters. The Labute approximate surface area is 108 Å². The Morgan fingerprint density at radius 1 is 1.22 bits per heavy atom. The van der Waals surface area contributed by atoms with Crippen molar-refractivity contribution in [2.24, 2.45) is 0 Å². The fourth-order valence-corrected chi connectivity index (χ4v) is 2.00. The van der Waals surface area contributed by atoms with Gasteiger partial charge in [-0.3, -0.25) is 0 Å². The van der Waals surface area contributed by atoms with Gasteiger partial charge in [0.25, 0.3) is 0 Å². The first-order chi connectivity index (χ1) is 8.86. The van der Waals surface area contributed by atoms with Crippen molar-refractivity contribution >= 4 is 5.82 Å². The van der Waals surface area contributed by atoms with Gasteiger partial charge >= 0.3 is 0 Å². The van der Waals surface area contributed by atoms with E-state index >= 15 is 0 Å². The van der Waals surface area contributed by atoms with Gasteiger partial charge in [-0.25, -0.2) is 9.97 Å². The molecule has 2 aromatic heterocycles. The van der Waals surface area contributed by atoms with Crippen molar-refractivity contribution in [2.75, 3.05) is 11.9 Å². The molecule has 2 heterocycles. The summed E-state index contributed by atoms with van der Waals surface area (Å²) >= 11 is 0. The molecular weight excluding hydrogens is 224 g/mol. The van der Waals surface area contributed by atoms with E-state index in [0.717, 1.165) is 43.0 Å². The first kappa shape index (κ1) is 12.6. The second-order valence-corrected chi connectivity index (χ2v) is 4.31. The van der Waals surface area contributed by atoms with Crippen LogP contribution in [0.3, 0.4) is 0 Å². The molecule has 0 fully saturated rings. The zero-order chi connectivity index (χ0) is 12.8. The highest BCUT2D eigenvalue weighted by Gasteiger charge is 2.12. The molecule has 96 valence electrons. The van der Waals surface area contributed by atoms with Crippen molar-refractivity contribution in [1.82, 2.24) is 15.0 Å². The van der Waals surface area contributed by atoms with Crippen LogP contribution in [0.4, 0.5) is 5.82 Å². The number of nitrogens with one attached hydrogen (secondary N) is 2. The van der Waals surface area contributed by atoms with Crippen LogP contribution >= 0.6 is 0 Å². The Morgan fingerprint density at radius 2 is 2.11 bits per heavy atom. The van der Waals surface area contributed by atoms with Crippen LogP contribution in [0, 0.1) is 0 Å². The van der Waals surface area contributed by atoms with Crippen molar-refractivity contribution in [3.8, 4) is 11.4 Å². The maximum absolute atomic E-state index is 4.43. The first-order valence-corrected chi connectivity index (χ1v) is 6.58. The number of nitrogens with zero attached hydrogens (tertiary/aromatic N) is 2. The number of hydrogen-bond donors (Lipinski definition) is 2. The number of anilines is 1. The van der Waals surface area contributed by atoms with Gasteiger partial charge in [0.2, 0.25) is 0 Å². The lowest BCUT2D eigenvalue weighted by Crippen LogP contribution is -2.07. The van der Waals surface area contributed by atoms with E-state index in [1.807, 2.05) is 18.3 Å². The first-order valence-electron chi connectivity index (χ1n) is 6.58. The van der Waals surface area contributed by atoms with E-state index in [1.54, 1.807) is 6.33 Å². The molecule has 0 saturated carbocycles. The summed E-state index contributed by atoms with van der Waals surface area (Å²) in [6, 6.07) is 4.04. The molecule has 0 aliphatic rings. The molecule has 0 aromatic carbocycles. The molecule has 0 bridgehead atoms. The van der Waals surface area contributed by atoms with Crippen molar-refractivity contribution in [3.63, 3.8) is 0 Å². The molecule has 2 aromatic rings. The van der Waals surface area contributed by atoms with Gasteiger partial charge in [0.05, 0.1) is 11.4 Å². The summed E-state index contributed by atoms with van der Waals surface area (Å²) in [6.45, 7) is 5.27. The average Bonchev–Trinajstić information content (AvgIpc) is 2.91. The van der Waals surface area contributed by atoms with Crippen molar-refractivity contribution in [2.45, 2.75) is 33.1 Å². The molecule has 2 rings (SSSR count). The van der Waals surface area contributed by atoms with Crippen LogP contribution in [-0.2, 0) is 6.42 Å². The van der Waals surface area contributed by atoms with Gasteiger partial charge < -0.3 is 10.3 Å². The molecule has 2 N–H and O–H groups in total. The van der Waals surface area contributed by atoms with Gasteiger partial charge in [-0.1, -0.05) is 20.3 Å². The van der Waals surface area contributed by atoms with E-state index in [2.05, 4.69) is 34.1 Å². The summed E-state index contributed by atoms with van der Waals surface area (Å²) in [4.78, 5) is 12.0. The zero-order valence-corrected chi connectivity index (χ0v) is 11.0. The summed E-state index contributed by atoms with van der Waals surface area (Å²) in [6.07, 6.45) is 6.72. The lowest BCUT2D eigenvalue weighted by atomic mass is 10.1. The minimum atomic E-state index is 0.942. The van der Waals surface area contributed by atoms with Crippen molar-refractivity contribution < 1.29 is 0 Å². The van der Waals surface area contributed by atoms with E-state index in [9.17, 15) is 0 Å². The summed E-state index contributed by atoms with van der Waals surface area (Å²) in [5.41, 5.74) is 3.27. The maximum Gasteiger partial charge on any atom is 0.133 e. The Balaban J connectivity index is 2.39. The molecule has 18 heavy (non-hydrogen) atoms. The third kappa shape index (κ3) is 2.70. The molecule has 4 heteroatoms. The highest BCUT2D eigenvalue weighted by Crippen LogP contribution is 2.25. The SMILES string of the molecule is CCCNc1ncnc(-c2ccc[nH]2)c1CCC. The summed E-state index contributed by atoms with van der Waals surface area (Å²) in [7, 11) is 0. The topological polar surface area (TPSA) is 53.6 Å². The minimum Gasteiger partial charge on any atom is -0.370 e. The van der Waals surface area contributed by atoms with E-state index in [-0.39, 0.29) is 0 Å². The highest BCUT2D eigenvalue weighted by atomic mass is 15.0. The fraction of sp³-hybridized carbons (Fsp3) is 0.429. The minimum absolute atomic E-state index is 0.942. The second-order valence-electron chi connectivity index (χ2n) is 4.31. The second kappa shape index (κ2) is 6.19. The number of aromatic nitrogens is 3. The van der Waals surface area contributed by atoms with Gasteiger partial charge in [-0.2, -0.15) is 0 Å². The summed E-state index contributed by atoms with van der Waals surface area (Å²) in [5, 5.41) is 3.39. The number of aromatic amines is 1. The van der Waals surface area contributed by atoms with Crippen LogP contribution < -0.4 is 5.32 Å². The third-order valence-electron chi connectivity index (χ3n) is 2.84. The fourth-order valence-electron chi connectivity index (χ4n) is 2.00. The van der Waals surface area contributed by atoms with Crippen molar-refractivity contribution in [1.29, 1.82) is 0 Å². The monoisotopic (exact) mass is 244 g/mol. The molecule has 0 amide bonds. The van der Waals surface area contributed by atoms with Crippen LogP contribution in [0.15, 0.2) is 24.7 Å². The predicted molar refractivity (Wildman–Crippen MR) is 74.6 cm³/mol. The summed E-state index contributed by atoms with van der Waals surface area (Å²) < 4.78 is 0. The van der Waals surface area contributed by atoms with Gasteiger partial charge in [0.1, 0.15) is 12.1 Å². The Kier molecular flexibility index (Phi) is 4.34. The van der Waals surface area contributed by atoms with Crippen LogP contribution in [0.25, 0.3) is 11.4 Å². The molecule has 0 aliphatic heterocycles. The largest absolute Gasteiger partial charge is 0.370 e. The molecule has 0 aliphatic carbocycles. The lowest BCUT2D eigenvalue weighted by Gasteiger charge is -2.12. The standard InChI is InChI=1S/C14H20N4/c1-3-6-11-13(12-7-5-9-15-12)17-10-18-14(11)16-8-4-2/h5,7,9-10,15H,3-4,6,8H2,1-2H3,(H,16,17,18). The van der Waals surface area contributed by atoms with Crippen LogP contribution in [-0.4, -0.2) is 21.5 Å². The predicted octanol–water partition coefficient (Wildman–Crippen LogP) is 3.25. The molecule has 4 nitrogen and oxygen atoms in total. The number of H-pyrrole nitrogens is 1. The maximum atomic E-state index is 4.43. The van der Waals surface area contributed by atoms with Gasteiger partial charge in [-0.05, 0) is 25.0 Å². The van der Waals surface area contributed by atoms with Crippen LogP contribution in [0.5, 0.6) is 0 Å². The van der Waals surface area contributed by atoms with Gasteiger partial charge in [0.15, 0.2) is 0 Å². The molecule has 0 spiro atoms. The van der Waals surface area contributed by atoms with E-state index in [4.69, 9.17) is 0 Å². The van der Waals surface area contributed by atoms with Gasteiger partial charge in [0, 0.05) is 18.3 Å². The molecule has 0 unspecified atom stereocenters. The lowest BCUT2D eigenvalue weighted by molar-refractivity contribution is 0.891. The summed E-state index contributed by atoms with van der Waals surface area (Å²) in [5.74, 6) is 0.971. The van der Waals surface area contributed by atoms with E-state index < -0.39 is 0 Å². The van der Waals surface area contributed by atoms with Crippen LogP contribution in [0.1, 0.15) is 32.3 Å². The molecular formula is C14H20N4. The highest BCUT2D eigenvalue weighted by molar-refractivity contribution is 5.65. The Morgan fingerprint density at radius 3 is 2.78 bits per heavy atom. The number of hydrogen-bond acceptors (Lipinski definition) is 3. The van der Waals surface area contributed by atoms with Crippen molar-refractivity contribution in [3.05, 3.63) is 30.2 Å². The average molecular weight is 244 g/mol. The quantitative estimate of drug-likeness (QED) is 0.820.